The third kappa shape index (κ3) is 4.57. The maximum atomic E-state index is 14.2. The Morgan fingerprint density at radius 3 is 2.53 bits per heavy atom. The number of piperidine rings is 1. The van der Waals surface area contributed by atoms with Gasteiger partial charge in [0.05, 0.1) is 13.1 Å². The van der Waals surface area contributed by atoms with Crippen LogP contribution in [-0.2, 0) is 19.5 Å². The zero-order valence-corrected chi connectivity index (χ0v) is 19.5. The molecule has 0 atom stereocenters. The molecule has 0 saturated carbocycles. The van der Waals surface area contributed by atoms with Crippen LogP contribution >= 0.6 is 11.6 Å². The Labute approximate surface area is 202 Å². The molecule has 1 fully saturated rings. The van der Waals surface area contributed by atoms with Gasteiger partial charge >= 0.3 is 0 Å². The van der Waals surface area contributed by atoms with Crippen LogP contribution in [0.1, 0.15) is 44.9 Å². The average molecular weight is 481 g/mol. The second-order valence-corrected chi connectivity index (χ2v) is 9.40. The van der Waals surface area contributed by atoms with Gasteiger partial charge in [-0.3, -0.25) is 14.3 Å². The van der Waals surface area contributed by atoms with Crippen LogP contribution in [0.5, 0.6) is 0 Å². The number of fused-ring (bicyclic) bond motifs is 1. The van der Waals surface area contributed by atoms with Gasteiger partial charge in [0, 0.05) is 36.3 Å². The summed E-state index contributed by atoms with van der Waals surface area (Å²) in [5.41, 5.74) is 2.26. The van der Waals surface area contributed by atoms with E-state index in [1.54, 1.807) is 21.7 Å². The number of benzene rings is 2. The van der Waals surface area contributed by atoms with Crippen molar-refractivity contribution >= 4 is 23.4 Å². The maximum Gasteiger partial charge on any atom is 0.274 e. The van der Waals surface area contributed by atoms with Gasteiger partial charge in [-0.25, -0.2) is 4.39 Å². The van der Waals surface area contributed by atoms with Crippen molar-refractivity contribution in [2.45, 2.75) is 32.4 Å². The fourth-order valence-electron chi connectivity index (χ4n) is 4.82. The first-order valence-electron chi connectivity index (χ1n) is 11.6. The van der Waals surface area contributed by atoms with Crippen LogP contribution in [0.25, 0.3) is 0 Å². The van der Waals surface area contributed by atoms with Crippen molar-refractivity contribution in [3.8, 4) is 0 Å². The molecule has 0 N–H and O–H groups in total. The number of aromatic nitrogens is 2. The Kier molecular flexibility index (Phi) is 6.37. The second-order valence-electron chi connectivity index (χ2n) is 8.99. The van der Waals surface area contributed by atoms with Crippen molar-refractivity contribution in [1.29, 1.82) is 0 Å². The Balaban J connectivity index is 1.23. The molecule has 0 spiro atoms. The van der Waals surface area contributed by atoms with Gasteiger partial charge in [0.15, 0.2) is 5.69 Å². The Bertz CT molecular complexity index is 1180. The van der Waals surface area contributed by atoms with Gasteiger partial charge in [0.1, 0.15) is 11.5 Å². The predicted molar refractivity (Wildman–Crippen MR) is 127 cm³/mol. The molecule has 176 valence electrons. The SMILES string of the molecule is O=C(c1cc2n(n1)CCN(Cc1c(F)cccc1Cl)C2=O)N1CCC(Cc2ccccc2)CC1. The molecule has 3 aromatic rings. The molecule has 6 nitrogen and oxygen atoms in total. The number of carbonyl (C=O) groups is 2. The van der Waals surface area contributed by atoms with E-state index in [2.05, 4.69) is 29.4 Å². The zero-order valence-electron chi connectivity index (χ0n) is 18.8. The monoisotopic (exact) mass is 480 g/mol. The smallest absolute Gasteiger partial charge is 0.274 e. The highest BCUT2D eigenvalue weighted by Gasteiger charge is 2.31. The first kappa shape index (κ1) is 22.6. The van der Waals surface area contributed by atoms with Crippen LogP contribution in [0, 0.1) is 11.7 Å². The lowest BCUT2D eigenvalue weighted by molar-refractivity contribution is 0.0669. The molecule has 2 aliphatic heterocycles. The summed E-state index contributed by atoms with van der Waals surface area (Å²) in [6.45, 7) is 2.26. The fourth-order valence-corrected chi connectivity index (χ4v) is 5.04. The van der Waals surface area contributed by atoms with E-state index in [1.807, 2.05) is 11.0 Å². The lowest BCUT2D eigenvalue weighted by Gasteiger charge is -2.31. The van der Waals surface area contributed by atoms with Crippen LogP contribution in [0.15, 0.2) is 54.6 Å². The summed E-state index contributed by atoms with van der Waals surface area (Å²) in [7, 11) is 0. The van der Waals surface area contributed by atoms with Crippen molar-refractivity contribution in [3.63, 3.8) is 0 Å². The third-order valence-electron chi connectivity index (χ3n) is 6.77. The van der Waals surface area contributed by atoms with Gasteiger partial charge in [-0.15, -0.1) is 0 Å². The molecule has 0 radical (unpaired) electrons. The number of hydrogen-bond donors (Lipinski definition) is 0. The molecule has 1 saturated heterocycles. The fraction of sp³-hybridized carbons (Fsp3) is 0.346. The summed E-state index contributed by atoms with van der Waals surface area (Å²) >= 11 is 6.14. The van der Waals surface area contributed by atoms with E-state index in [0.29, 0.717) is 48.4 Å². The normalized spacial score (nSPS) is 16.6. The van der Waals surface area contributed by atoms with Crippen LogP contribution in [0.3, 0.4) is 0 Å². The van der Waals surface area contributed by atoms with Crippen molar-refractivity contribution in [1.82, 2.24) is 19.6 Å². The molecule has 2 aromatic carbocycles. The van der Waals surface area contributed by atoms with Crippen LogP contribution in [0.4, 0.5) is 4.39 Å². The topological polar surface area (TPSA) is 58.4 Å². The molecule has 1 aromatic heterocycles. The van der Waals surface area contributed by atoms with Gasteiger partial charge in [-0.1, -0.05) is 48.0 Å². The van der Waals surface area contributed by atoms with E-state index >= 15 is 0 Å². The molecule has 8 heteroatoms. The molecule has 5 rings (SSSR count). The molecule has 3 heterocycles. The predicted octanol–water partition coefficient (Wildman–Crippen LogP) is 4.43. The Morgan fingerprint density at radius 2 is 1.79 bits per heavy atom. The summed E-state index contributed by atoms with van der Waals surface area (Å²) in [5, 5.41) is 4.71. The van der Waals surface area contributed by atoms with Crippen molar-refractivity contribution < 1.29 is 14.0 Å². The number of halogens is 2. The molecule has 0 aliphatic carbocycles. The van der Waals surface area contributed by atoms with Crippen molar-refractivity contribution in [2.75, 3.05) is 19.6 Å². The van der Waals surface area contributed by atoms with E-state index < -0.39 is 5.82 Å². The summed E-state index contributed by atoms with van der Waals surface area (Å²) < 4.78 is 15.8. The minimum Gasteiger partial charge on any atom is -0.337 e. The van der Waals surface area contributed by atoms with Crippen molar-refractivity contribution in [2.24, 2.45) is 5.92 Å². The highest BCUT2D eigenvalue weighted by Crippen LogP contribution is 2.25. The summed E-state index contributed by atoms with van der Waals surface area (Å²) in [4.78, 5) is 29.5. The minimum atomic E-state index is -0.439. The van der Waals surface area contributed by atoms with E-state index in [1.165, 1.54) is 17.7 Å². The van der Waals surface area contributed by atoms with E-state index in [4.69, 9.17) is 11.6 Å². The molecule has 2 amide bonds. The molecular formula is C26H26ClFN4O2. The van der Waals surface area contributed by atoms with Gasteiger partial charge in [-0.05, 0) is 42.9 Å². The number of carbonyl (C=O) groups excluding carboxylic acids is 2. The van der Waals surface area contributed by atoms with Crippen LogP contribution < -0.4 is 0 Å². The second kappa shape index (κ2) is 9.58. The Morgan fingerprint density at radius 1 is 1.03 bits per heavy atom. The molecule has 0 bridgehead atoms. The number of amides is 2. The van der Waals surface area contributed by atoms with E-state index in [9.17, 15) is 14.0 Å². The quantitative estimate of drug-likeness (QED) is 0.543. The van der Waals surface area contributed by atoms with Gasteiger partial charge in [-0.2, -0.15) is 5.10 Å². The highest BCUT2D eigenvalue weighted by atomic mass is 35.5. The summed E-state index contributed by atoms with van der Waals surface area (Å²) in [6, 6.07) is 16.5. The average Bonchev–Trinajstić information content (AvgIpc) is 3.29. The summed E-state index contributed by atoms with van der Waals surface area (Å²) in [6.07, 6.45) is 2.92. The first-order chi connectivity index (χ1) is 16.5. The molecular weight excluding hydrogens is 455 g/mol. The van der Waals surface area contributed by atoms with E-state index in [-0.39, 0.29) is 24.1 Å². The summed E-state index contributed by atoms with van der Waals surface area (Å²) in [5.74, 6) is -0.303. The first-order valence-corrected chi connectivity index (χ1v) is 12.0. The number of hydrogen-bond acceptors (Lipinski definition) is 3. The standard InChI is InChI=1S/C26H26ClFN4O2/c27-21-7-4-8-22(28)20(21)17-31-13-14-32-24(26(31)34)16-23(29-32)25(33)30-11-9-19(10-12-30)15-18-5-2-1-3-6-18/h1-8,16,19H,9-15,17H2. The Hall–Kier alpha value is -3.19. The number of nitrogens with zero attached hydrogens (tertiary/aromatic N) is 4. The lowest BCUT2D eigenvalue weighted by atomic mass is 9.90. The zero-order chi connectivity index (χ0) is 23.7. The van der Waals surface area contributed by atoms with E-state index in [0.717, 1.165) is 19.3 Å². The largest absolute Gasteiger partial charge is 0.337 e. The number of rotatable bonds is 5. The molecule has 34 heavy (non-hydrogen) atoms. The lowest BCUT2D eigenvalue weighted by Crippen LogP contribution is -2.40. The van der Waals surface area contributed by atoms with Gasteiger partial charge < -0.3 is 9.80 Å². The van der Waals surface area contributed by atoms with Crippen molar-refractivity contribution in [3.05, 3.63) is 88.0 Å². The highest BCUT2D eigenvalue weighted by molar-refractivity contribution is 6.31. The maximum absolute atomic E-state index is 14.2. The van der Waals surface area contributed by atoms with Crippen LogP contribution in [-0.4, -0.2) is 51.0 Å². The molecule has 0 unspecified atom stereocenters. The van der Waals surface area contributed by atoms with Gasteiger partial charge in [0.2, 0.25) is 0 Å². The number of likely N-dealkylation sites (tertiary alicyclic amines) is 1. The molecule has 2 aliphatic rings. The van der Waals surface area contributed by atoms with Gasteiger partial charge in [0.25, 0.3) is 11.8 Å². The third-order valence-corrected chi connectivity index (χ3v) is 7.12. The van der Waals surface area contributed by atoms with Crippen LogP contribution in [0.2, 0.25) is 5.02 Å². The minimum absolute atomic E-state index is 0.0771.